The number of nitrogens with zero attached hydrogens (tertiary/aromatic N) is 1. The molecule has 0 aliphatic carbocycles. The van der Waals surface area contributed by atoms with Gasteiger partial charge in [-0.05, 0) is 19.9 Å². The average Bonchev–Trinajstić information content (AvgIpc) is 2.13. The lowest BCUT2D eigenvalue weighted by Crippen LogP contribution is -2.22. The first-order chi connectivity index (χ1) is 7.01. The van der Waals surface area contributed by atoms with Gasteiger partial charge >= 0.3 is 6.55 Å². The first-order valence-corrected chi connectivity index (χ1v) is 4.30. The van der Waals surface area contributed by atoms with Crippen molar-refractivity contribution in [3.8, 4) is 0 Å². The van der Waals surface area contributed by atoms with Crippen molar-refractivity contribution in [1.82, 2.24) is 4.90 Å². The number of carbonyl (C=O) groups is 1. The molecule has 15 heavy (non-hydrogen) atoms. The van der Waals surface area contributed by atoms with Crippen LogP contribution < -0.4 is 5.73 Å². The number of carbonyl (C=O) groups excluding carboxylic acids is 1. The van der Waals surface area contributed by atoms with Crippen LogP contribution in [0.4, 0.5) is 8.78 Å². The van der Waals surface area contributed by atoms with Crippen LogP contribution in [0.25, 0.3) is 0 Å². The van der Waals surface area contributed by atoms with Crippen molar-refractivity contribution in [2.75, 3.05) is 6.61 Å². The molecule has 0 saturated carbocycles. The van der Waals surface area contributed by atoms with Gasteiger partial charge in [-0.25, -0.2) is 0 Å². The Bertz CT molecular complexity index is 265. The van der Waals surface area contributed by atoms with Gasteiger partial charge in [-0.2, -0.15) is 8.78 Å². The number of allylic oxidation sites excluding steroid dienone is 2. The van der Waals surface area contributed by atoms with Gasteiger partial charge < -0.3 is 10.5 Å². The predicted molar refractivity (Wildman–Crippen MR) is 51.6 cm³/mol. The summed E-state index contributed by atoms with van der Waals surface area (Å²) in [5.74, 6) is 0.492. The van der Waals surface area contributed by atoms with E-state index < -0.39 is 6.55 Å². The molecule has 0 rings (SSSR count). The van der Waals surface area contributed by atoms with E-state index in [0.29, 0.717) is 12.4 Å². The molecule has 0 unspecified atom stereocenters. The third-order valence-corrected chi connectivity index (χ3v) is 1.39. The zero-order valence-corrected chi connectivity index (χ0v) is 8.61. The topological polar surface area (TPSA) is 55.6 Å². The molecular weight excluding hydrogens is 206 g/mol. The molecule has 0 aromatic rings. The van der Waals surface area contributed by atoms with Crippen LogP contribution >= 0.6 is 0 Å². The number of halogens is 2. The van der Waals surface area contributed by atoms with E-state index in [2.05, 4.69) is 0 Å². The van der Waals surface area contributed by atoms with Gasteiger partial charge in [-0.3, -0.25) is 9.69 Å². The van der Waals surface area contributed by atoms with Crippen molar-refractivity contribution in [3.63, 3.8) is 0 Å². The Morgan fingerprint density at radius 1 is 1.60 bits per heavy atom. The molecule has 0 heterocycles. The van der Waals surface area contributed by atoms with Gasteiger partial charge in [0, 0.05) is 6.20 Å². The highest BCUT2D eigenvalue weighted by molar-refractivity contribution is 5.49. The zero-order valence-electron chi connectivity index (χ0n) is 8.61. The molecule has 86 valence electrons. The van der Waals surface area contributed by atoms with E-state index in [4.69, 9.17) is 10.5 Å². The molecule has 0 saturated heterocycles. The fourth-order valence-electron chi connectivity index (χ4n) is 0.846. The smallest absolute Gasteiger partial charge is 0.320 e. The zero-order chi connectivity index (χ0) is 11.8. The highest BCUT2D eigenvalue weighted by Gasteiger charge is 2.10. The van der Waals surface area contributed by atoms with Gasteiger partial charge in [0.25, 0.3) is 0 Å². The average molecular weight is 220 g/mol. The number of nitrogens with two attached hydrogens (primary N) is 1. The number of rotatable bonds is 6. The molecule has 0 aliphatic heterocycles. The van der Waals surface area contributed by atoms with Crippen LogP contribution in [0.2, 0.25) is 0 Å². The molecule has 6 heteroatoms. The van der Waals surface area contributed by atoms with Gasteiger partial charge in [-0.1, -0.05) is 0 Å². The summed E-state index contributed by atoms with van der Waals surface area (Å²) in [5.41, 5.74) is 5.41. The maximum Gasteiger partial charge on any atom is 0.320 e. The summed E-state index contributed by atoms with van der Waals surface area (Å²) in [6.07, 6.45) is 2.21. The maximum atomic E-state index is 12.1. The highest BCUT2D eigenvalue weighted by atomic mass is 19.3. The SMILES string of the molecule is CCO/C(C)=C/C(N)=C\N(C=O)C(F)F. The Balaban J connectivity index is 4.53. The van der Waals surface area contributed by atoms with Crippen LogP contribution in [-0.4, -0.2) is 24.5 Å². The van der Waals surface area contributed by atoms with Crippen molar-refractivity contribution >= 4 is 6.41 Å². The van der Waals surface area contributed by atoms with Crippen LogP contribution in [0.3, 0.4) is 0 Å². The molecule has 0 radical (unpaired) electrons. The largest absolute Gasteiger partial charge is 0.498 e. The van der Waals surface area contributed by atoms with Crippen LogP contribution in [0, 0.1) is 0 Å². The number of amides is 1. The van der Waals surface area contributed by atoms with Crippen LogP contribution in [0.5, 0.6) is 0 Å². The first-order valence-electron chi connectivity index (χ1n) is 4.30. The number of hydrogen-bond acceptors (Lipinski definition) is 3. The second kappa shape index (κ2) is 6.80. The van der Waals surface area contributed by atoms with Crippen LogP contribution in [0.15, 0.2) is 23.7 Å². The third-order valence-electron chi connectivity index (χ3n) is 1.39. The number of alkyl halides is 2. The molecule has 4 nitrogen and oxygen atoms in total. The monoisotopic (exact) mass is 220 g/mol. The Morgan fingerprint density at radius 2 is 2.20 bits per heavy atom. The van der Waals surface area contributed by atoms with E-state index in [9.17, 15) is 13.6 Å². The molecule has 0 aromatic heterocycles. The van der Waals surface area contributed by atoms with E-state index in [-0.39, 0.29) is 17.0 Å². The summed E-state index contributed by atoms with van der Waals surface area (Å²) in [5, 5.41) is 0. The minimum atomic E-state index is -2.90. The molecule has 0 atom stereocenters. The van der Waals surface area contributed by atoms with E-state index in [1.807, 2.05) is 0 Å². The van der Waals surface area contributed by atoms with Crippen molar-refractivity contribution in [2.45, 2.75) is 20.4 Å². The molecule has 0 spiro atoms. The molecule has 1 amide bonds. The fourth-order valence-corrected chi connectivity index (χ4v) is 0.846. The highest BCUT2D eigenvalue weighted by Crippen LogP contribution is 2.04. The summed E-state index contributed by atoms with van der Waals surface area (Å²) in [6.45, 7) is 0.982. The van der Waals surface area contributed by atoms with E-state index >= 15 is 0 Å². The summed E-state index contributed by atoms with van der Waals surface area (Å²) in [6, 6.07) is 0. The van der Waals surface area contributed by atoms with Gasteiger partial charge in [0.2, 0.25) is 6.41 Å². The lowest BCUT2D eigenvalue weighted by atomic mass is 10.4. The summed E-state index contributed by atoms with van der Waals surface area (Å²) >= 11 is 0. The first kappa shape index (κ1) is 13.4. The van der Waals surface area contributed by atoms with Crippen LogP contribution in [-0.2, 0) is 9.53 Å². The van der Waals surface area contributed by atoms with Crippen molar-refractivity contribution < 1.29 is 18.3 Å². The van der Waals surface area contributed by atoms with E-state index in [1.165, 1.54) is 6.08 Å². The molecule has 0 aliphatic rings. The van der Waals surface area contributed by atoms with Gasteiger partial charge in [0.05, 0.1) is 18.1 Å². The van der Waals surface area contributed by atoms with Gasteiger partial charge in [0.15, 0.2) is 0 Å². The second-order valence-corrected chi connectivity index (χ2v) is 2.65. The molecule has 2 N–H and O–H groups in total. The summed E-state index contributed by atoms with van der Waals surface area (Å²) < 4.78 is 29.2. The lowest BCUT2D eigenvalue weighted by molar-refractivity contribution is -0.125. The minimum Gasteiger partial charge on any atom is -0.498 e. The number of ether oxygens (including phenoxy) is 1. The Labute approximate surface area is 87.0 Å². The standard InChI is InChI=1S/C9H14F2N2O2/c1-3-15-7(2)4-8(12)5-13(6-14)9(10)11/h4-6,9H,3,12H2,1-2H3/b7-4+,8-5+. The van der Waals surface area contributed by atoms with Crippen molar-refractivity contribution in [3.05, 3.63) is 23.7 Å². The van der Waals surface area contributed by atoms with Crippen molar-refractivity contribution in [2.24, 2.45) is 5.73 Å². The second-order valence-electron chi connectivity index (χ2n) is 2.65. The Morgan fingerprint density at radius 3 is 2.60 bits per heavy atom. The Kier molecular flexibility index (Phi) is 6.08. The van der Waals surface area contributed by atoms with Crippen LogP contribution in [0.1, 0.15) is 13.8 Å². The maximum absolute atomic E-state index is 12.1. The molecule has 0 fully saturated rings. The van der Waals surface area contributed by atoms with Gasteiger partial charge in [0.1, 0.15) is 0 Å². The predicted octanol–water partition coefficient (Wildman–Crippen LogP) is 1.41. The van der Waals surface area contributed by atoms with Gasteiger partial charge in [-0.15, -0.1) is 0 Å². The third kappa shape index (κ3) is 5.66. The van der Waals surface area contributed by atoms with Crippen molar-refractivity contribution in [1.29, 1.82) is 0 Å². The fraction of sp³-hybridized carbons (Fsp3) is 0.444. The Hall–Kier alpha value is -1.59. The summed E-state index contributed by atoms with van der Waals surface area (Å²) in [4.78, 5) is 10.4. The normalized spacial score (nSPS) is 12.9. The minimum absolute atomic E-state index is 0.00137. The number of hydrogen-bond donors (Lipinski definition) is 1. The lowest BCUT2D eigenvalue weighted by Gasteiger charge is -2.11. The van der Waals surface area contributed by atoms with E-state index in [1.54, 1.807) is 13.8 Å². The van der Waals surface area contributed by atoms with E-state index in [0.717, 1.165) is 6.20 Å². The molecule has 0 aromatic carbocycles. The summed E-state index contributed by atoms with van der Waals surface area (Å²) in [7, 11) is 0. The quantitative estimate of drug-likeness (QED) is 0.318. The molecular formula is C9H14F2N2O2. The molecule has 0 bridgehead atoms.